The third kappa shape index (κ3) is 3.39. The minimum atomic E-state index is 0.406. The Morgan fingerprint density at radius 2 is 2.00 bits per heavy atom. The van der Waals surface area contributed by atoms with Gasteiger partial charge in [-0.25, -0.2) is 0 Å². The Bertz CT molecular complexity index is 341. The first-order valence-corrected chi connectivity index (χ1v) is 6.38. The molecule has 1 aliphatic carbocycles. The molecule has 2 heteroatoms. The average molecular weight is 234 g/mol. The highest BCUT2D eigenvalue weighted by Gasteiger charge is 2.41. The fraction of sp³-hybridized carbons (Fsp3) is 0.429. The van der Waals surface area contributed by atoms with Crippen LogP contribution in [0.1, 0.15) is 18.4 Å². The molecule has 1 aromatic rings. The highest BCUT2D eigenvalue weighted by molar-refractivity contribution is 7.80. The number of ether oxygens (including phenoxy) is 1. The lowest BCUT2D eigenvalue weighted by Crippen LogP contribution is -2.12. The van der Waals surface area contributed by atoms with Crippen molar-refractivity contribution in [3.8, 4) is 0 Å². The fourth-order valence-corrected chi connectivity index (χ4v) is 2.02. The summed E-state index contributed by atoms with van der Waals surface area (Å²) in [6.45, 7) is 1.56. The molecule has 0 heterocycles. The molecule has 0 bridgehead atoms. The second-order valence-electron chi connectivity index (χ2n) is 4.49. The molecule has 0 atom stereocenters. The van der Waals surface area contributed by atoms with Gasteiger partial charge < -0.3 is 4.74 Å². The van der Waals surface area contributed by atoms with Crippen molar-refractivity contribution in [2.24, 2.45) is 5.41 Å². The first kappa shape index (κ1) is 11.7. The summed E-state index contributed by atoms with van der Waals surface area (Å²) in [5.74, 6) is 0.954. The molecule has 0 N–H and O–H groups in total. The van der Waals surface area contributed by atoms with E-state index < -0.39 is 0 Å². The maximum absolute atomic E-state index is 5.64. The third-order valence-corrected chi connectivity index (χ3v) is 3.70. The van der Waals surface area contributed by atoms with Crippen molar-refractivity contribution in [3.05, 3.63) is 42.0 Å². The number of benzene rings is 1. The molecule has 1 aromatic carbocycles. The van der Waals surface area contributed by atoms with Crippen LogP contribution in [0.3, 0.4) is 0 Å². The largest absolute Gasteiger partial charge is 0.377 e. The van der Waals surface area contributed by atoms with E-state index in [4.69, 9.17) is 4.74 Å². The molecule has 0 radical (unpaired) electrons. The van der Waals surface area contributed by atoms with Crippen LogP contribution >= 0.6 is 12.6 Å². The highest BCUT2D eigenvalue weighted by Crippen LogP contribution is 2.46. The standard InChI is InChI=1S/C14H18OS/c16-12-14(8-9-14)11-15-10-4-7-13-5-2-1-3-6-13/h1-7,16H,8-12H2. The molecule has 1 aliphatic rings. The maximum Gasteiger partial charge on any atom is 0.0650 e. The molecular formula is C14H18OS. The van der Waals surface area contributed by atoms with Crippen LogP contribution in [0, 0.1) is 5.41 Å². The van der Waals surface area contributed by atoms with Crippen LogP contribution < -0.4 is 0 Å². The molecule has 2 rings (SSSR count). The van der Waals surface area contributed by atoms with Gasteiger partial charge in [0.25, 0.3) is 0 Å². The van der Waals surface area contributed by atoms with Gasteiger partial charge in [-0.2, -0.15) is 12.6 Å². The lowest BCUT2D eigenvalue weighted by Gasteiger charge is -2.10. The molecule has 16 heavy (non-hydrogen) atoms. The summed E-state index contributed by atoms with van der Waals surface area (Å²) in [5.41, 5.74) is 1.63. The molecule has 0 amide bonds. The summed E-state index contributed by atoms with van der Waals surface area (Å²) in [6, 6.07) is 10.3. The molecule has 0 aliphatic heterocycles. The maximum atomic E-state index is 5.64. The fourth-order valence-electron chi connectivity index (χ4n) is 1.62. The molecule has 1 fully saturated rings. The third-order valence-electron chi connectivity index (χ3n) is 3.02. The van der Waals surface area contributed by atoms with Crippen LogP contribution in [0.25, 0.3) is 6.08 Å². The van der Waals surface area contributed by atoms with Crippen molar-refractivity contribution >= 4 is 18.7 Å². The quantitative estimate of drug-likeness (QED) is 0.586. The molecule has 86 valence electrons. The molecule has 1 saturated carbocycles. The summed E-state index contributed by atoms with van der Waals surface area (Å²) >= 11 is 4.35. The second-order valence-corrected chi connectivity index (χ2v) is 4.80. The predicted octanol–water partition coefficient (Wildman–Crippen LogP) is 3.43. The molecule has 0 saturated heterocycles. The van der Waals surface area contributed by atoms with Gasteiger partial charge in [-0.05, 0) is 24.2 Å². The van der Waals surface area contributed by atoms with Gasteiger partial charge in [0.15, 0.2) is 0 Å². The van der Waals surface area contributed by atoms with E-state index in [0.29, 0.717) is 12.0 Å². The predicted molar refractivity (Wildman–Crippen MR) is 71.8 cm³/mol. The van der Waals surface area contributed by atoms with E-state index in [1.54, 1.807) is 0 Å². The van der Waals surface area contributed by atoms with Crippen LogP contribution in [0.2, 0.25) is 0 Å². The van der Waals surface area contributed by atoms with E-state index in [-0.39, 0.29) is 0 Å². The Kier molecular flexibility index (Phi) is 4.08. The Hall–Kier alpha value is -0.730. The lowest BCUT2D eigenvalue weighted by atomic mass is 10.2. The van der Waals surface area contributed by atoms with E-state index in [1.807, 2.05) is 18.2 Å². The van der Waals surface area contributed by atoms with Crippen LogP contribution in [-0.2, 0) is 4.74 Å². The minimum Gasteiger partial charge on any atom is -0.377 e. The van der Waals surface area contributed by atoms with Gasteiger partial charge in [0.05, 0.1) is 13.2 Å². The smallest absolute Gasteiger partial charge is 0.0650 e. The first-order valence-electron chi connectivity index (χ1n) is 5.75. The Morgan fingerprint density at radius 3 is 2.62 bits per heavy atom. The van der Waals surface area contributed by atoms with Crippen molar-refractivity contribution < 1.29 is 4.74 Å². The number of hydrogen-bond donors (Lipinski definition) is 1. The van der Waals surface area contributed by atoms with Gasteiger partial charge >= 0.3 is 0 Å². The van der Waals surface area contributed by atoms with Crippen LogP contribution in [0.15, 0.2) is 36.4 Å². The summed E-state index contributed by atoms with van der Waals surface area (Å²) < 4.78 is 5.64. The molecular weight excluding hydrogens is 216 g/mol. The molecule has 1 nitrogen and oxygen atoms in total. The first-order chi connectivity index (χ1) is 7.85. The van der Waals surface area contributed by atoms with Gasteiger partial charge in [0.1, 0.15) is 0 Å². The van der Waals surface area contributed by atoms with Gasteiger partial charge in [0.2, 0.25) is 0 Å². The Balaban J connectivity index is 1.67. The van der Waals surface area contributed by atoms with Crippen LogP contribution in [0.4, 0.5) is 0 Å². The summed E-state index contributed by atoms with van der Waals surface area (Å²) in [6.07, 6.45) is 6.72. The van der Waals surface area contributed by atoms with Crippen molar-refractivity contribution in [1.29, 1.82) is 0 Å². The van der Waals surface area contributed by atoms with E-state index in [9.17, 15) is 0 Å². The van der Waals surface area contributed by atoms with Gasteiger partial charge in [-0.3, -0.25) is 0 Å². The van der Waals surface area contributed by atoms with Crippen molar-refractivity contribution in [2.45, 2.75) is 12.8 Å². The van der Waals surface area contributed by atoms with E-state index >= 15 is 0 Å². The number of hydrogen-bond acceptors (Lipinski definition) is 2. The van der Waals surface area contributed by atoms with Crippen molar-refractivity contribution in [1.82, 2.24) is 0 Å². The Labute approximate surface area is 103 Å². The number of rotatable bonds is 6. The molecule has 0 unspecified atom stereocenters. The zero-order valence-electron chi connectivity index (χ0n) is 9.43. The summed E-state index contributed by atoms with van der Waals surface area (Å²) in [4.78, 5) is 0. The normalized spacial score (nSPS) is 17.8. The van der Waals surface area contributed by atoms with Gasteiger partial charge in [-0.15, -0.1) is 0 Å². The molecule has 0 aromatic heterocycles. The Morgan fingerprint density at radius 1 is 1.25 bits per heavy atom. The van der Waals surface area contributed by atoms with E-state index in [2.05, 4.69) is 36.9 Å². The summed E-state index contributed by atoms with van der Waals surface area (Å²) in [5, 5.41) is 0. The topological polar surface area (TPSA) is 9.23 Å². The zero-order valence-corrected chi connectivity index (χ0v) is 10.3. The van der Waals surface area contributed by atoms with Gasteiger partial charge in [-0.1, -0.05) is 42.5 Å². The lowest BCUT2D eigenvalue weighted by molar-refractivity contribution is 0.122. The van der Waals surface area contributed by atoms with Crippen LogP contribution in [-0.4, -0.2) is 19.0 Å². The van der Waals surface area contributed by atoms with E-state index in [1.165, 1.54) is 18.4 Å². The zero-order chi connectivity index (χ0) is 11.3. The van der Waals surface area contributed by atoms with Crippen LogP contribution in [0.5, 0.6) is 0 Å². The highest BCUT2D eigenvalue weighted by atomic mass is 32.1. The molecule has 0 spiro atoms. The average Bonchev–Trinajstić information content (AvgIpc) is 3.11. The van der Waals surface area contributed by atoms with Crippen molar-refractivity contribution in [3.63, 3.8) is 0 Å². The monoisotopic (exact) mass is 234 g/mol. The van der Waals surface area contributed by atoms with E-state index in [0.717, 1.165) is 12.4 Å². The van der Waals surface area contributed by atoms with Gasteiger partial charge in [0, 0.05) is 5.41 Å². The SMILES string of the molecule is SCC1(COCC=Cc2ccccc2)CC1. The summed E-state index contributed by atoms with van der Waals surface area (Å²) in [7, 11) is 0. The number of thiol groups is 1. The van der Waals surface area contributed by atoms with Crippen molar-refractivity contribution in [2.75, 3.05) is 19.0 Å². The second kappa shape index (κ2) is 5.55. The minimum absolute atomic E-state index is 0.406.